The van der Waals surface area contributed by atoms with Crippen LogP contribution < -0.4 is 10.4 Å². The number of carboxylic acids is 1. The van der Waals surface area contributed by atoms with Crippen molar-refractivity contribution in [3.8, 4) is 0 Å². The minimum atomic E-state index is -1.38. The minimum absolute atomic E-state index is 0.430. The second-order valence-electron chi connectivity index (χ2n) is 3.18. The molecule has 0 atom stereocenters. The van der Waals surface area contributed by atoms with Gasteiger partial charge in [-0.2, -0.15) is 0 Å². The van der Waals surface area contributed by atoms with Gasteiger partial charge in [-0.25, -0.2) is 0 Å². The van der Waals surface area contributed by atoms with Gasteiger partial charge in [-0.05, 0) is 18.1 Å². The summed E-state index contributed by atoms with van der Waals surface area (Å²) in [6, 6.07) is 9.69. The zero-order valence-electron chi connectivity index (χ0n) is 8.68. The lowest BCUT2D eigenvalue weighted by Gasteiger charge is -2.02. The smallest absolute Gasteiger partial charge is 0.244 e. The van der Waals surface area contributed by atoms with Crippen LogP contribution in [0.25, 0.3) is 0 Å². The quantitative estimate of drug-likeness (QED) is 0.687. The van der Waals surface area contributed by atoms with Crippen LogP contribution in [0.2, 0.25) is 0 Å². The number of carbonyl (C=O) groups is 2. The molecule has 84 valence electrons. The van der Waals surface area contributed by atoms with Crippen molar-refractivity contribution in [3.63, 3.8) is 0 Å². The number of aliphatic carboxylic acids is 1. The molecule has 0 fully saturated rings. The third kappa shape index (κ3) is 4.95. The van der Waals surface area contributed by atoms with Gasteiger partial charge in [-0.1, -0.05) is 30.3 Å². The lowest BCUT2D eigenvalue weighted by atomic mass is 10.1. The average Bonchev–Trinajstić information content (AvgIpc) is 2.28. The number of hydrogen-bond acceptors (Lipinski definition) is 3. The van der Waals surface area contributed by atoms with Gasteiger partial charge in [0.2, 0.25) is 5.91 Å². The molecule has 1 N–H and O–H groups in total. The summed E-state index contributed by atoms with van der Waals surface area (Å²) in [5.74, 6) is -1.81. The lowest BCUT2D eigenvalue weighted by molar-refractivity contribution is -0.297. The topological polar surface area (TPSA) is 69.2 Å². The highest BCUT2D eigenvalue weighted by Gasteiger charge is 1.95. The summed E-state index contributed by atoms with van der Waals surface area (Å²) in [4.78, 5) is 21.1. The number of rotatable bonds is 5. The van der Waals surface area contributed by atoms with E-state index in [0.717, 1.165) is 11.6 Å². The number of benzene rings is 1. The molecule has 0 heterocycles. The molecule has 0 saturated heterocycles. The first-order valence-electron chi connectivity index (χ1n) is 4.89. The van der Waals surface area contributed by atoms with Gasteiger partial charge in [0, 0.05) is 12.6 Å². The molecule has 1 aromatic rings. The van der Waals surface area contributed by atoms with Gasteiger partial charge >= 0.3 is 0 Å². The van der Waals surface area contributed by atoms with Gasteiger partial charge in [0.15, 0.2) is 0 Å². The summed E-state index contributed by atoms with van der Waals surface area (Å²) in [5, 5.41) is 12.6. The van der Waals surface area contributed by atoms with Crippen LogP contribution in [0.3, 0.4) is 0 Å². The second-order valence-corrected chi connectivity index (χ2v) is 3.18. The van der Waals surface area contributed by atoms with Crippen molar-refractivity contribution in [2.75, 3.05) is 6.54 Å². The lowest BCUT2D eigenvalue weighted by Crippen LogP contribution is -2.25. The van der Waals surface area contributed by atoms with Crippen molar-refractivity contribution in [2.45, 2.75) is 6.42 Å². The van der Waals surface area contributed by atoms with Crippen LogP contribution >= 0.6 is 0 Å². The van der Waals surface area contributed by atoms with E-state index in [-0.39, 0.29) is 0 Å². The van der Waals surface area contributed by atoms with Gasteiger partial charge < -0.3 is 15.2 Å². The summed E-state index contributed by atoms with van der Waals surface area (Å²) >= 11 is 0. The zero-order valence-corrected chi connectivity index (χ0v) is 8.68. The fourth-order valence-corrected chi connectivity index (χ4v) is 1.18. The first kappa shape index (κ1) is 12.0. The molecule has 4 nitrogen and oxygen atoms in total. The molecule has 0 unspecified atom stereocenters. The van der Waals surface area contributed by atoms with E-state index in [9.17, 15) is 14.7 Å². The van der Waals surface area contributed by atoms with Crippen molar-refractivity contribution in [1.82, 2.24) is 5.32 Å². The predicted octanol–water partition coefficient (Wildman–Crippen LogP) is -0.349. The first-order chi connectivity index (χ1) is 7.68. The Kier molecular flexibility index (Phi) is 4.79. The molecular formula is C12H12NO3-. The standard InChI is InChI=1S/C12H13NO3/c14-11(6-7-12(15)16)13-9-8-10-4-2-1-3-5-10/h1-7H,8-9H2,(H,13,14)(H,15,16)/p-1/b7-6+. The maximum atomic E-state index is 11.0. The summed E-state index contributed by atoms with van der Waals surface area (Å²) in [7, 11) is 0. The van der Waals surface area contributed by atoms with E-state index in [1.54, 1.807) is 0 Å². The Bertz CT molecular complexity index is 385. The molecule has 0 saturated carbocycles. The second kappa shape index (κ2) is 6.40. The van der Waals surface area contributed by atoms with Crippen LogP contribution in [0.5, 0.6) is 0 Å². The highest BCUT2D eigenvalue weighted by atomic mass is 16.4. The highest BCUT2D eigenvalue weighted by molar-refractivity contribution is 5.93. The normalized spacial score (nSPS) is 10.2. The summed E-state index contributed by atoms with van der Waals surface area (Å²) in [6.45, 7) is 0.472. The number of carboxylic acid groups (broad SMARTS) is 1. The highest BCUT2D eigenvalue weighted by Crippen LogP contribution is 1.97. The number of hydrogen-bond donors (Lipinski definition) is 1. The third-order valence-corrected chi connectivity index (χ3v) is 1.93. The van der Waals surface area contributed by atoms with E-state index in [1.807, 2.05) is 30.3 Å². The van der Waals surface area contributed by atoms with Gasteiger partial charge in [-0.3, -0.25) is 4.79 Å². The Labute approximate surface area is 93.6 Å². The number of carbonyl (C=O) groups excluding carboxylic acids is 2. The van der Waals surface area contributed by atoms with Crippen LogP contribution in [0, 0.1) is 0 Å². The summed E-state index contributed by atoms with van der Waals surface area (Å²) in [6.07, 6.45) is 2.36. The maximum Gasteiger partial charge on any atom is 0.244 e. The van der Waals surface area contributed by atoms with Crippen molar-refractivity contribution < 1.29 is 14.7 Å². The molecule has 0 radical (unpaired) electrons. The van der Waals surface area contributed by atoms with Gasteiger partial charge in [0.1, 0.15) is 0 Å². The van der Waals surface area contributed by atoms with Crippen LogP contribution in [-0.2, 0) is 16.0 Å². The van der Waals surface area contributed by atoms with Crippen molar-refractivity contribution >= 4 is 11.9 Å². The molecule has 16 heavy (non-hydrogen) atoms. The van der Waals surface area contributed by atoms with Crippen molar-refractivity contribution in [2.24, 2.45) is 0 Å². The fourth-order valence-electron chi connectivity index (χ4n) is 1.18. The van der Waals surface area contributed by atoms with Crippen LogP contribution in [0.15, 0.2) is 42.5 Å². The van der Waals surface area contributed by atoms with E-state index in [1.165, 1.54) is 0 Å². The van der Waals surface area contributed by atoms with Crippen LogP contribution in [0.4, 0.5) is 0 Å². The molecule has 1 aromatic carbocycles. The third-order valence-electron chi connectivity index (χ3n) is 1.93. The fraction of sp³-hybridized carbons (Fsp3) is 0.167. The molecule has 0 aromatic heterocycles. The number of amides is 1. The Balaban J connectivity index is 2.26. The molecule has 0 spiro atoms. The molecular weight excluding hydrogens is 206 g/mol. The summed E-state index contributed by atoms with van der Waals surface area (Å²) < 4.78 is 0. The van der Waals surface area contributed by atoms with Crippen LogP contribution in [0.1, 0.15) is 5.56 Å². The largest absolute Gasteiger partial charge is 0.545 e. The van der Waals surface area contributed by atoms with Gasteiger partial charge in [-0.15, -0.1) is 0 Å². The van der Waals surface area contributed by atoms with Crippen LogP contribution in [-0.4, -0.2) is 18.4 Å². The summed E-state index contributed by atoms with van der Waals surface area (Å²) in [5.41, 5.74) is 1.12. The Morgan fingerprint density at radius 1 is 1.19 bits per heavy atom. The van der Waals surface area contributed by atoms with E-state index in [2.05, 4.69) is 5.32 Å². The Morgan fingerprint density at radius 3 is 2.50 bits per heavy atom. The molecule has 1 rings (SSSR count). The van der Waals surface area contributed by atoms with Crippen molar-refractivity contribution in [3.05, 3.63) is 48.0 Å². The molecule has 4 heteroatoms. The predicted molar refractivity (Wildman–Crippen MR) is 57.3 cm³/mol. The SMILES string of the molecule is O=C([O-])/C=C/C(=O)NCCc1ccccc1. The van der Waals surface area contributed by atoms with E-state index in [4.69, 9.17) is 0 Å². The zero-order chi connectivity index (χ0) is 11.8. The van der Waals surface area contributed by atoms with E-state index < -0.39 is 11.9 Å². The Morgan fingerprint density at radius 2 is 1.88 bits per heavy atom. The number of nitrogens with one attached hydrogen (secondary N) is 1. The maximum absolute atomic E-state index is 11.0. The van der Waals surface area contributed by atoms with Gasteiger partial charge in [0.25, 0.3) is 0 Å². The molecule has 0 aliphatic heterocycles. The molecule has 0 aliphatic carbocycles. The first-order valence-corrected chi connectivity index (χ1v) is 4.89. The van der Waals surface area contributed by atoms with Crippen molar-refractivity contribution in [1.29, 1.82) is 0 Å². The van der Waals surface area contributed by atoms with E-state index in [0.29, 0.717) is 19.0 Å². The average molecular weight is 218 g/mol. The molecule has 0 aliphatic rings. The molecule has 0 bridgehead atoms. The van der Waals surface area contributed by atoms with E-state index >= 15 is 0 Å². The van der Waals surface area contributed by atoms with Gasteiger partial charge in [0.05, 0.1) is 5.97 Å². The Hall–Kier alpha value is -2.10. The minimum Gasteiger partial charge on any atom is -0.545 e. The molecule has 1 amide bonds. The monoisotopic (exact) mass is 218 g/mol.